The molecule has 0 saturated carbocycles. The van der Waals surface area contributed by atoms with Crippen molar-refractivity contribution in [2.45, 2.75) is 18.3 Å². The number of halogens is 1. The number of methoxy groups -OCH3 is 1. The molecule has 6 nitrogen and oxygen atoms in total. The number of anilines is 1. The number of rotatable bonds is 3. The van der Waals surface area contributed by atoms with E-state index in [0.717, 1.165) is 17.4 Å². The average Bonchev–Trinajstić information content (AvgIpc) is 2.60. The number of sulfone groups is 1. The number of ether oxygens (including phenoxy) is 1. The van der Waals surface area contributed by atoms with Gasteiger partial charge in [0.25, 0.3) is 0 Å². The summed E-state index contributed by atoms with van der Waals surface area (Å²) in [6.45, 7) is 0.226. The Bertz CT molecular complexity index is 946. The van der Waals surface area contributed by atoms with E-state index in [9.17, 15) is 13.2 Å². The molecule has 1 atom stereocenters. The Morgan fingerprint density at radius 3 is 2.54 bits per heavy atom. The van der Waals surface area contributed by atoms with Gasteiger partial charge in [-0.2, -0.15) is 0 Å². The fourth-order valence-corrected chi connectivity index (χ4v) is 4.39. The molecular weight excluding hydrogens is 376 g/mol. The first kappa shape index (κ1) is 18.5. The van der Waals surface area contributed by atoms with Crippen molar-refractivity contribution in [2.24, 2.45) is 0 Å². The lowest BCUT2D eigenvalue weighted by Gasteiger charge is -2.35. The Morgan fingerprint density at radius 2 is 1.92 bits per heavy atom. The van der Waals surface area contributed by atoms with E-state index in [1.165, 1.54) is 12.0 Å². The highest BCUT2D eigenvalue weighted by atomic mass is 35.5. The molecule has 2 aromatic rings. The number of amides is 2. The van der Waals surface area contributed by atoms with Gasteiger partial charge in [0.2, 0.25) is 0 Å². The van der Waals surface area contributed by atoms with Crippen LogP contribution >= 0.6 is 11.6 Å². The number of hydrogen-bond acceptors (Lipinski definition) is 4. The van der Waals surface area contributed by atoms with Crippen LogP contribution in [-0.4, -0.2) is 38.1 Å². The summed E-state index contributed by atoms with van der Waals surface area (Å²) in [7, 11) is -1.95. The van der Waals surface area contributed by atoms with E-state index in [1.807, 2.05) is 24.3 Å². The standard InChI is InChI=1S/C18H19ClN2O4S/c1-25-16-8-7-14(10-15(16)19)20-18(22)21-11-13-6-4-3-5-12(13)9-17(21)26(2,23)24/h3-8,10,17H,9,11H2,1-2H3,(H,20,22). The van der Waals surface area contributed by atoms with Gasteiger partial charge in [-0.1, -0.05) is 35.9 Å². The molecule has 1 unspecified atom stereocenters. The lowest BCUT2D eigenvalue weighted by atomic mass is 10.00. The van der Waals surface area contributed by atoms with Crippen LogP contribution in [0, 0.1) is 0 Å². The Kier molecular flexibility index (Phi) is 5.11. The first-order valence-electron chi connectivity index (χ1n) is 7.96. The number of urea groups is 1. The predicted octanol–water partition coefficient (Wildman–Crippen LogP) is 3.31. The van der Waals surface area contributed by atoms with E-state index in [2.05, 4.69) is 5.32 Å². The van der Waals surface area contributed by atoms with Gasteiger partial charge in [0.1, 0.15) is 11.1 Å². The van der Waals surface area contributed by atoms with Crippen molar-refractivity contribution >= 4 is 33.2 Å². The van der Waals surface area contributed by atoms with E-state index >= 15 is 0 Å². The second-order valence-electron chi connectivity index (χ2n) is 6.16. The lowest BCUT2D eigenvalue weighted by Crippen LogP contribution is -2.49. The highest BCUT2D eigenvalue weighted by Gasteiger charge is 2.36. The number of benzene rings is 2. The van der Waals surface area contributed by atoms with Crippen LogP contribution in [0.2, 0.25) is 5.02 Å². The number of fused-ring (bicyclic) bond motifs is 1. The molecule has 138 valence electrons. The third-order valence-electron chi connectivity index (χ3n) is 4.36. The number of carbonyl (C=O) groups excluding carboxylic acids is 1. The van der Waals surface area contributed by atoms with Crippen LogP contribution < -0.4 is 10.1 Å². The summed E-state index contributed by atoms with van der Waals surface area (Å²) in [5.74, 6) is 0.491. The topological polar surface area (TPSA) is 75.7 Å². The van der Waals surface area contributed by atoms with Gasteiger partial charge in [-0.3, -0.25) is 0 Å². The second kappa shape index (κ2) is 7.17. The molecule has 0 bridgehead atoms. The summed E-state index contributed by atoms with van der Waals surface area (Å²) in [5.41, 5.74) is 2.35. The van der Waals surface area contributed by atoms with Gasteiger partial charge in [-0.15, -0.1) is 0 Å². The van der Waals surface area contributed by atoms with Crippen molar-refractivity contribution < 1.29 is 17.9 Å². The maximum Gasteiger partial charge on any atom is 0.323 e. The van der Waals surface area contributed by atoms with Crippen LogP contribution in [0.25, 0.3) is 0 Å². The molecule has 0 spiro atoms. The minimum absolute atomic E-state index is 0.226. The Labute approximate surface area is 157 Å². The van der Waals surface area contributed by atoms with Crippen LogP contribution in [-0.2, 0) is 22.8 Å². The summed E-state index contributed by atoms with van der Waals surface area (Å²) in [6, 6.07) is 11.9. The van der Waals surface area contributed by atoms with Gasteiger partial charge in [-0.25, -0.2) is 13.2 Å². The van der Waals surface area contributed by atoms with E-state index in [1.54, 1.807) is 18.2 Å². The SMILES string of the molecule is COc1ccc(NC(=O)N2Cc3ccccc3CC2S(C)(=O)=O)cc1Cl. The summed E-state index contributed by atoms with van der Waals surface area (Å²) in [6.07, 6.45) is 1.42. The minimum Gasteiger partial charge on any atom is -0.495 e. The van der Waals surface area contributed by atoms with Crippen molar-refractivity contribution in [3.8, 4) is 5.75 Å². The number of hydrogen-bond donors (Lipinski definition) is 1. The zero-order valence-electron chi connectivity index (χ0n) is 14.4. The maximum absolute atomic E-state index is 12.8. The molecule has 26 heavy (non-hydrogen) atoms. The molecular formula is C18H19ClN2O4S. The lowest BCUT2D eigenvalue weighted by molar-refractivity contribution is 0.197. The zero-order chi connectivity index (χ0) is 18.9. The minimum atomic E-state index is -3.45. The summed E-state index contributed by atoms with van der Waals surface area (Å²) < 4.78 is 29.6. The van der Waals surface area contributed by atoms with Crippen molar-refractivity contribution in [1.82, 2.24) is 4.90 Å². The smallest absolute Gasteiger partial charge is 0.323 e. The van der Waals surface area contributed by atoms with Gasteiger partial charge < -0.3 is 15.0 Å². The third-order valence-corrected chi connectivity index (χ3v) is 6.06. The van der Waals surface area contributed by atoms with Crippen LogP contribution in [0.5, 0.6) is 5.75 Å². The van der Waals surface area contributed by atoms with E-state index in [4.69, 9.17) is 16.3 Å². The molecule has 0 fully saturated rings. The summed E-state index contributed by atoms with van der Waals surface area (Å²) >= 11 is 6.08. The number of nitrogens with zero attached hydrogens (tertiary/aromatic N) is 1. The van der Waals surface area contributed by atoms with E-state index in [0.29, 0.717) is 16.5 Å². The van der Waals surface area contributed by atoms with Crippen LogP contribution in [0.15, 0.2) is 42.5 Å². The van der Waals surface area contributed by atoms with Crippen LogP contribution in [0.1, 0.15) is 11.1 Å². The highest BCUT2D eigenvalue weighted by Crippen LogP contribution is 2.29. The molecule has 1 aliphatic heterocycles. The molecule has 1 heterocycles. The van der Waals surface area contributed by atoms with Crippen molar-refractivity contribution in [1.29, 1.82) is 0 Å². The summed E-state index contributed by atoms with van der Waals surface area (Å²) in [4.78, 5) is 14.1. The van der Waals surface area contributed by atoms with E-state index in [-0.39, 0.29) is 13.0 Å². The molecule has 2 amide bonds. The van der Waals surface area contributed by atoms with Gasteiger partial charge in [0, 0.05) is 24.9 Å². The number of nitrogens with one attached hydrogen (secondary N) is 1. The largest absolute Gasteiger partial charge is 0.495 e. The van der Waals surface area contributed by atoms with Crippen molar-refractivity contribution in [3.05, 3.63) is 58.6 Å². The fraction of sp³-hybridized carbons (Fsp3) is 0.278. The first-order chi connectivity index (χ1) is 12.3. The van der Waals surface area contributed by atoms with Gasteiger partial charge in [0.05, 0.1) is 12.1 Å². The average molecular weight is 395 g/mol. The molecule has 0 aliphatic carbocycles. The quantitative estimate of drug-likeness (QED) is 0.866. The first-order valence-corrected chi connectivity index (χ1v) is 10.3. The zero-order valence-corrected chi connectivity index (χ0v) is 16.0. The monoisotopic (exact) mass is 394 g/mol. The van der Waals surface area contributed by atoms with Crippen LogP contribution in [0.3, 0.4) is 0 Å². The third kappa shape index (κ3) is 3.78. The Hall–Kier alpha value is -2.25. The molecule has 0 aromatic heterocycles. The highest BCUT2D eigenvalue weighted by molar-refractivity contribution is 7.91. The molecule has 8 heteroatoms. The predicted molar refractivity (Wildman–Crippen MR) is 101 cm³/mol. The molecule has 0 radical (unpaired) electrons. The van der Waals surface area contributed by atoms with Gasteiger partial charge in [-0.05, 0) is 29.3 Å². The molecule has 0 saturated heterocycles. The Balaban J connectivity index is 1.87. The summed E-state index contributed by atoms with van der Waals surface area (Å²) in [5, 5.41) is 2.16. The normalized spacial score (nSPS) is 16.7. The number of carbonyl (C=O) groups is 1. The van der Waals surface area contributed by atoms with Crippen LogP contribution in [0.4, 0.5) is 10.5 Å². The van der Waals surface area contributed by atoms with Crippen molar-refractivity contribution in [3.63, 3.8) is 0 Å². The van der Waals surface area contributed by atoms with Gasteiger partial charge >= 0.3 is 6.03 Å². The van der Waals surface area contributed by atoms with Gasteiger partial charge in [0.15, 0.2) is 9.84 Å². The Morgan fingerprint density at radius 1 is 1.23 bits per heavy atom. The maximum atomic E-state index is 12.8. The molecule has 1 N–H and O–H groups in total. The fourth-order valence-electron chi connectivity index (χ4n) is 3.02. The van der Waals surface area contributed by atoms with Crippen molar-refractivity contribution in [2.75, 3.05) is 18.7 Å². The molecule has 1 aliphatic rings. The second-order valence-corrected chi connectivity index (χ2v) is 8.77. The van der Waals surface area contributed by atoms with E-state index < -0.39 is 21.2 Å². The molecule has 2 aromatic carbocycles. The molecule has 3 rings (SSSR count).